The van der Waals surface area contributed by atoms with Crippen LogP contribution in [0.3, 0.4) is 0 Å². The van der Waals surface area contributed by atoms with E-state index in [4.69, 9.17) is 14.4 Å². The van der Waals surface area contributed by atoms with Gasteiger partial charge in [-0.1, -0.05) is 5.16 Å². The van der Waals surface area contributed by atoms with Crippen molar-refractivity contribution in [1.29, 1.82) is 0 Å². The van der Waals surface area contributed by atoms with Gasteiger partial charge >= 0.3 is 0 Å². The van der Waals surface area contributed by atoms with Gasteiger partial charge in [-0.15, -0.1) is 0 Å². The molecule has 1 N–H and O–H groups in total. The predicted molar refractivity (Wildman–Crippen MR) is 55.6 cm³/mol. The van der Waals surface area contributed by atoms with Crippen LogP contribution in [0.15, 0.2) is 10.6 Å². The highest BCUT2D eigenvalue weighted by Gasteiger charge is 2.14. The summed E-state index contributed by atoms with van der Waals surface area (Å²) in [5.74, 6) is 0.545. The Morgan fingerprint density at radius 1 is 1.59 bits per heavy atom. The van der Waals surface area contributed by atoms with Gasteiger partial charge in [0.1, 0.15) is 6.61 Å². The Balaban J connectivity index is 2.52. The van der Waals surface area contributed by atoms with E-state index in [2.05, 4.69) is 5.16 Å². The minimum atomic E-state index is -2.44. The second-order valence-electron chi connectivity index (χ2n) is 3.57. The van der Waals surface area contributed by atoms with Crippen molar-refractivity contribution in [3.05, 3.63) is 17.5 Å². The van der Waals surface area contributed by atoms with E-state index in [1.165, 1.54) is 12.0 Å². The number of hydrogen-bond acceptors (Lipinski definition) is 5. The summed E-state index contributed by atoms with van der Waals surface area (Å²) < 4.78 is 34.3. The molecular formula is C10H16F2N2O3. The molecule has 0 spiro atoms. The largest absolute Gasteiger partial charge is 0.395 e. The standard InChI is InChI=1S/C10H16F2N2O3/c1-16-7-9-4-8(13-17-9)5-14(2-3-15)6-10(11)12/h4,10,15H,2-3,5-7H2,1H3. The van der Waals surface area contributed by atoms with Crippen LogP contribution in [0.1, 0.15) is 11.5 Å². The third-order valence-corrected chi connectivity index (χ3v) is 2.09. The van der Waals surface area contributed by atoms with Crippen molar-refractivity contribution in [2.45, 2.75) is 19.6 Å². The van der Waals surface area contributed by atoms with E-state index in [9.17, 15) is 8.78 Å². The van der Waals surface area contributed by atoms with Gasteiger partial charge in [0.05, 0.1) is 18.8 Å². The van der Waals surface area contributed by atoms with Gasteiger partial charge in [-0.05, 0) is 0 Å². The average molecular weight is 250 g/mol. The number of methoxy groups -OCH3 is 1. The first-order chi connectivity index (χ1) is 8.15. The lowest BCUT2D eigenvalue weighted by Crippen LogP contribution is -2.31. The van der Waals surface area contributed by atoms with E-state index in [1.54, 1.807) is 6.07 Å². The van der Waals surface area contributed by atoms with Gasteiger partial charge in [-0.25, -0.2) is 8.78 Å². The van der Waals surface area contributed by atoms with E-state index in [-0.39, 0.29) is 19.7 Å². The SMILES string of the molecule is COCc1cc(CN(CCO)CC(F)F)no1. The molecule has 0 unspecified atom stereocenters. The van der Waals surface area contributed by atoms with Crippen LogP contribution >= 0.6 is 0 Å². The molecule has 0 atom stereocenters. The zero-order valence-corrected chi connectivity index (χ0v) is 9.60. The van der Waals surface area contributed by atoms with Gasteiger partial charge < -0.3 is 14.4 Å². The first-order valence-electron chi connectivity index (χ1n) is 5.20. The van der Waals surface area contributed by atoms with Gasteiger partial charge in [0.25, 0.3) is 6.43 Å². The Hall–Kier alpha value is -1.05. The summed E-state index contributed by atoms with van der Waals surface area (Å²) in [7, 11) is 1.52. The lowest BCUT2D eigenvalue weighted by Gasteiger charge is -2.18. The number of aliphatic hydroxyl groups excluding tert-OH is 1. The van der Waals surface area contributed by atoms with E-state index >= 15 is 0 Å². The van der Waals surface area contributed by atoms with E-state index < -0.39 is 13.0 Å². The fourth-order valence-corrected chi connectivity index (χ4v) is 1.44. The third-order valence-electron chi connectivity index (χ3n) is 2.09. The maximum absolute atomic E-state index is 12.2. The number of nitrogens with zero attached hydrogens (tertiary/aromatic N) is 2. The van der Waals surface area contributed by atoms with Crippen molar-refractivity contribution in [3.63, 3.8) is 0 Å². The molecule has 1 aromatic rings. The molecule has 1 heterocycles. The normalized spacial score (nSPS) is 11.6. The van der Waals surface area contributed by atoms with Crippen molar-refractivity contribution in [1.82, 2.24) is 10.1 Å². The zero-order valence-electron chi connectivity index (χ0n) is 9.60. The molecule has 98 valence electrons. The molecule has 0 bridgehead atoms. The summed E-state index contributed by atoms with van der Waals surface area (Å²) in [6.45, 7) is 0.124. The molecule has 0 radical (unpaired) electrons. The highest BCUT2D eigenvalue weighted by molar-refractivity contribution is 5.04. The number of halogens is 2. The van der Waals surface area contributed by atoms with Crippen molar-refractivity contribution < 1.29 is 23.1 Å². The second kappa shape index (κ2) is 7.31. The minimum absolute atomic E-state index is 0.171. The van der Waals surface area contributed by atoms with Gasteiger partial charge in [0, 0.05) is 26.3 Å². The number of aliphatic hydroxyl groups is 1. The zero-order chi connectivity index (χ0) is 12.7. The van der Waals surface area contributed by atoms with E-state index in [1.807, 2.05) is 0 Å². The molecule has 5 nitrogen and oxygen atoms in total. The monoisotopic (exact) mass is 250 g/mol. The van der Waals surface area contributed by atoms with Crippen LogP contribution < -0.4 is 0 Å². The number of aromatic nitrogens is 1. The Kier molecular flexibility index (Phi) is 6.03. The molecule has 0 fully saturated rings. The van der Waals surface area contributed by atoms with Crippen LogP contribution in [0, 0.1) is 0 Å². The second-order valence-corrected chi connectivity index (χ2v) is 3.57. The number of alkyl halides is 2. The summed E-state index contributed by atoms with van der Waals surface area (Å²) in [6.07, 6.45) is -2.44. The maximum atomic E-state index is 12.2. The van der Waals surface area contributed by atoms with Gasteiger partial charge in [-0.2, -0.15) is 0 Å². The summed E-state index contributed by atoms with van der Waals surface area (Å²) in [4.78, 5) is 1.42. The molecule has 17 heavy (non-hydrogen) atoms. The van der Waals surface area contributed by atoms with E-state index in [0.29, 0.717) is 18.1 Å². The van der Waals surface area contributed by atoms with E-state index in [0.717, 1.165) is 0 Å². The molecule has 0 saturated heterocycles. The number of ether oxygens (including phenoxy) is 1. The van der Waals surface area contributed by atoms with Crippen molar-refractivity contribution in [3.8, 4) is 0 Å². The van der Waals surface area contributed by atoms with Crippen molar-refractivity contribution in [2.24, 2.45) is 0 Å². The fraction of sp³-hybridized carbons (Fsp3) is 0.700. The van der Waals surface area contributed by atoms with Crippen LogP contribution in [0.2, 0.25) is 0 Å². The van der Waals surface area contributed by atoms with Crippen LogP contribution in [-0.4, -0.2) is 48.4 Å². The molecular weight excluding hydrogens is 234 g/mol. The van der Waals surface area contributed by atoms with Gasteiger partial charge in [0.15, 0.2) is 5.76 Å². The topological polar surface area (TPSA) is 58.7 Å². The molecule has 0 amide bonds. The Morgan fingerprint density at radius 2 is 2.35 bits per heavy atom. The van der Waals surface area contributed by atoms with Crippen LogP contribution in [0.4, 0.5) is 8.78 Å². The predicted octanol–water partition coefficient (Wildman–Crippen LogP) is 0.880. The Labute approximate surface area is 98.0 Å². The molecule has 1 aromatic heterocycles. The highest BCUT2D eigenvalue weighted by Crippen LogP contribution is 2.09. The molecule has 7 heteroatoms. The first-order valence-corrected chi connectivity index (χ1v) is 5.20. The molecule has 0 aliphatic rings. The Bertz CT molecular complexity index is 320. The smallest absolute Gasteiger partial charge is 0.251 e. The lowest BCUT2D eigenvalue weighted by atomic mass is 10.3. The highest BCUT2D eigenvalue weighted by atomic mass is 19.3. The van der Waals surface area contributed by atoms with Crippen molar-refractivity contribution in [2.75, 3.05) is 26.8 Å². The summed E-state index contributed by atoms with van der Waals surface area (Å²) >= 11 is 0. The number of hydrogen-bond donors (Lipinski definition) is 1. The van der Waals surface area contributed by atoms with Crippen LogP contribution in [0.5, 0.6) is 0 Å². The summed E-state index contributed by atoms with van der Waals surface area (Å²) in [6, 6.07) is 1.65. The van der Waals surface area contributed by atoms with Gasteiger partial charge in [0.2, 0.25) is 0 Å². The first kappa shape index (κ1) is 14.0. The molecule has 1 rings (SSSR count). The maximum Gasteiger partial charge on any atom is 0.251 e. The minimum Gasteiger partial charge on any atom is -0.395 e. The van der Waals surface area contributed by atoms with Gasteiger partial charge in [-0.3, -0.25) is 4.90 Å². The third kappa shape index (κ3) is 5.20. The molecule has 0 aromatic carbocycles. The van der Waals surface area contributed by atoms with Crippen LogP contribution in [0.25, 0.3) is 0 Å². The molecule has 0 saturated carbocycles. The number of rotatable bonds is 8. The lowest BCUT2D eigenvalue weighted by molar-refractivity contribution is 0.0734. The molecule has 0 aliphatic heterocycles. The molecule has 0 aliphatic carbocycles. The Morgan fingerprint density at radius 3 is 2.94 bits per heavy atom. The van der Waals surface area contributed by atoms with Crippen LogP contribution in [-0.2, 0) is 17.9 Å². The average Bonchev–Trinajstić information content (AvgIpc) is 2.65. The quantitative estimate of drug-likeness (QED) is 0.742. The summed E-state index contributed by atoms with van der Waals surface area (Å²) in [5.41, 5.74) is 0.547. The fourth-order valence-electron chi connectivity index (χ4n) is 1.44. The summed E-state index contributed by atoms with van der Waals surface area (Å²) in [5, 5.41) is 12.5. The van der Waals surface area contributed by atoms with Crippen molar-refractivity contribution >= 4 is 0 Å².